The first-order valence-electron chi connectivity index (χ1n) is 6.26. The van der Waals surface area contributed by atoms with Gasteiger partial charge >= 0.3 is 0 Å². The maximum Gasteiger partial charge on any atom is 0.195 e. The molecule has 0 saturated heterocycles. The van der Waals surface area contributed by atoms with E-state index in [1.54, 1.807) is 0 Å². The van der Waals surface area contributed by atoms with E-state index in [2.05, 4.69) is 26.9 Å². The van der Waals surface area contributed by atoms with E-state index in [1.165, 1.54) is 18.4 Å². The summed E-state index contributed by atoms with van der Waals surface area (Å²) in [5.41, 5.74) is 2.39. The predicted octanol–water partition coefficient (Wildman–Crippen LogP) is 2.88. The standard InChI is InChI=1S/C13H13N3OS/c18-13-15-14-12(16(13)10-2-3-10)9-1-4-11-8(7-9)5-6-17-11/h1,4,7,10H,2-3,5-6H2,(H,15,18). The molecule has 0 unspecified atom stereocenters. The first-order valence-corrected chi connectivity index (χ1v) is 6.67. The first-order chi connectivity index (χ1) is 8.83. The second kappa shape index (κ2) is 3.68. The predicted molar refractivity (Wildman–Crippen MR) is 70.3 cm³/mol. The highest BCUT2D eigenvalue weighted by Crippen LogP contribution is 2.39. The van der Waals surface area contributed by atoms with Crippen LogP contribution in [0.25, 0.3) is 11.4 Å². The Balaban J connectivity index is 1.85. The molecule has 2 aromatic rings. The lowest BCUT2D eigenvalue weighted by atomic mass is 10.1. The summed E-state index contributed by atoms with van der Waals surface area (Å²) < 4.78 is 8.40. The zero-order chi connectivity index (χ0) is 12.1. The molecule has 0 spiro atoms. The fourth-order valence-corrected chi connectivity index (χ4v) is 2.79. The molecular weight excluding hydrogens is 246 g/mol. The second-order valence-electron chi connectivity index (χ2n) is 4.87. The number of fused-ring (bicyclic) bond motifs is 1. The van der Waals surface area contributed by atoms with Gasteiger partial charge in [-0.1, -0.05) is 0 Å². The number of rotatable bonds is 2. The summed E-state index contributed by atoms with van der Waals surface area (Å²) >= 11 is 5.31. The lowest BCUT2D eigenvalue weighted by Crippen LogP contribution is -1.97. The zero-order valence-electron chi connectivity index (χ0n) is 9.85. The van der Waals surface area contributed by atoms with Crippen LogP contribution < -0.4 is 4.74 Å². The van der Waals surface area contributed by atoms with Crippen molar-refractivity contribution in [2.24, 2.45) is 0 Å². The van der Waals surface area contributed by atoms with Gasteiger partial charge in [-0.25, -0.2) is 0 Å². The minimum absolute atomic E-state index is 0.538. The lowest BCUT2D eigenvalue weighted by Gasteiger charge is -2.06. The molecule has 1 aliphatic carbocycles. The van der Waals surface area contributed by atoms with Crippen LogP contribution in [0, 0.1) is 4.77 Å². The van der Waals surface area contributed by atoms with Crippen molar-refractivity contribution in [2.45, 2.75) is 25.3 Å². The van der Waals surface area contributed by atoms with E-state index in [-0.39, 0.29) is 0 Å². The summed E-state index contributed by atoms with van der Waals surface area (Å²) in [6, 6.07) is 6.81. The number of H-pyrrole nitrogens is 1. The maximum atomic E-state index is 5.53. The van der Waals surface area contributed by atoms with E-state index < -0.39 is 0 Å². The summed E-state index contributed by atoms with van der Waals surface area (Å²) in [6.45, 7) is 0.786. The van der Waals surface area contributed by atoms with Gasteiger partial charge in [0.25, 0.3) is 0 Å². The van der Waals surface area contributed by atoms with Crippen LogP contribution in [0.1, 0.15) is 24.4 Å². The van der Waals surface area contributed by atoms with E-state index in [0.29, 0.717) is 6.04 Å². The molecule has 0 atom stereocenters. The largest absolute Gasteiger partial charge is 0.493 e. The van der Waals surface area contributed by atoms with Crippen molar-refractivity contribution in [3.05, 3.63) is 28.5 Å². The highest BCUT2D eigenvalue weighted by Gasteiger charge is 2.28. The van der Waals surface area contributed by atoms with Crippen molar-refractivity contribution in [3.63, 3.8) is 0 Å². The fourth-order valence-electron chi connectivity index (χ4n) is 2.51. The molecule has 1 N–H and O–H groups in total. The van der Waals surface area contributed by atoms with Crippen molar-refractivity contribution < 1.29 is 4.74 Å². The van der Waals surface area contributed by atoms with Gasteiger partial charge in [0.1, 0.15) is 5.75 Å². The Morgan fingerprint density at radius 2 is 2.28 bits per heavy atom. The lowest BCUT2D eigenvalue weighted by molar-refractivity contribution is 0.357. The van der Waals surface area contributed by atoms with Gasteiger partial charge in [-0.2, -0.15) is 5.10 Å². The molecule has 18 heavy (non-hydrogen) atoms. The highest BCUT2D eigenvalue weighted by atomic mass is 32.1. The van der Waals surface area contributed by atoms with Crippen LogP contribution in [-0.4, -0.2) is 21.4 Å². The molecule has 2 aliphatic rings. The topological polar surface area (TPSA) is 42.8 Å². The Labute approximate surface area is 110 Å². The van der Waals surface area contributed by atoms with E-state index in [9.17, 15) is 0 Å². The summed E-state index contributed by atoms with van der Waals surface area (Å²) in [5, 5.41) is 7.29. The number of aromatic amines is 1. The van der Waals surface area contributed by atoms with Crippen LogP contribution in [0.15, 0.2) is 18.2 Å². The molecule has 1 fully saturated rings. The molecule has 1 aromatic heterocycles. The molecule has 4 nitrogen and oxygen atoms in total. The molecule has 0 amide bonds. The van der Waals surface area contributed by atoms with Crippen LogP contribution in [0.4, 0.5) is 0 Å². The number of nitrogens with zero attached hydrogens (tertiary/aromatic N) is 2. The van der Waals surface area contributed by atoms with Gasteiger partial charge in [-0.05, 0) is 48.8 Å². The number of hydrogen-bond acceptors (Lipinski definition) is 3. The average Bonchev–Trinajstić information content (AvgIpc) is 2.98. The normalized spacial score (nSPS) is 17.6. The molecule has 5 heteroatoms. The number of aromatic nitrogens is 3. The van der Waals surface area contributed by atoms with Crippen molar-refractivity contribution in [1.82, 2.24) is 14.8 Å². The Bertz CT molecular complexity index is 669. The Morgan fingerprint density at radius 1 is 1.39 bits per heavy atom. The van der Waals surface area contributed by atoms with E-state index in [4.69, 9.17) is 17.0 Å². The van der Waals surface area contributed by atoms with Gasteiger partial charge in [-0.3, -0.25) is 9.67 Å². The number of nitrogens with one attached hydrogen (secondary N) is 1. The summed E-state index contributed by atoms with van der Waals surface area (Å²) in [6.07, 6.45) is 3.39. The minimum atomic E-state index is 0.538. The fraction of sp³-hybridized carbons (Fsp3) is 0.385. The monoisotopic (exact) mass is 259 g/mol. The minimum Gasteiger partial charge on any atom is -0.493 e. The quantitative estimate of drug-likeness (QED) is 0.843. The molecule has 1 aliphatic heterocycles. The number of benzene rings is 1. The van der Waals surface area contributed by atoms with Gasteiger partial charge in [0.2, 0.25) is 0 Å². The molecule has 4 rings (SSSR count). The van der Waals surface area contributed by atoms with Crippen LogP contribution in [0.3, 0.4) is 0 Å². The van der Waals surface area contributed by atoms with Gasteiger partial charge < -0.3 is 4.74 Å². The second-order valence-corrected chi connectivity index (χ2v) is 5.26. The van der Waals surface area contributed by atoms with Gasteiger partial charge in [0.05, 0.1) is 6.61 Å². The Morgan fingerprint density at radius 3 is 3.11 bits per heavy atom. The Kier molecular flexibility index (Phi) is 2.11. The summed E-state index contributed by atoms with van der Waals surface area (Å²) in [7, 11) is 0. The number of ether oxygens (including phenoxy) is 1. The molecular formula is C13H13N3OS. The molecule has 0 radical (unpaired) electrons. The van der Waals surface area contributed by atoms with Crippen LogP contribution >= 0.6 is 12.2 Å². The molecule has 1 saturated carbocycles. The van der Waals surface area contributed by atoms with Gasteiger partial charge in [0, 0.05) is 18.0 Å². The SMILES string of the molecule is S=c1[nH]nc(-c2ccc3c(c2)CCO3)n1C1CC1. The van der Waals surface area contributed by atoms with Gasteiger partial charge in [0.15, 0.2) is 10.6 Å². The molecule has 92 valence electrons. The van der Waals surface area contributed by atoms with Crippen LogP contribution in [0.2, 0.25) is 0 Å². The third-order valence-electron chi connectivity index (χ3n) is 3.56. The van der Waals surface area contributed by atoms with E-state index in [0.717, 1.165) is 34.9 Å². The van der Waals surface area contributed by atoms with Crippen LogP contribution in [-0.2, 0) is 6.42 Å². The smallest absolute Gasteiger partial charge is 0.195 e. The van der Waals surface area contributed by atoms with Crippen molar-refractivity contribution >= 4 is 12.2 Å². The highest BCUT2D eigenvalue weighted by molar-refractivity contribution is 7.71. The van der Waals surface area contributed by atoms with Crippen LogP contribution in [0.5, 0.6) is 5.75 Å². The maximum absolute atomic E-state index is 5.53. The molecule has 1 aromatic carbocycles. The summed E-state index contributed by atoms with van der Waals surface area (Å²) in [4.78, 5) is 0. The zero-order valence-corrected chi connectivity index (χ0v) is 10.7. The van der Waals surface area contributed by atoms with Crippen molar-refractivity contribution in [1.29, 1.82) is 0 Å². The third-order valence-corrected chi connectivity index (χ3v) is 3.85. The first kappa shape index (κ1) is 10.3. The molecule has 2 heterocycles. The van der Waals surface area contributed by atoms with Crippen molar-refractivity contribution in [2.75, 3.05) is 6.61 Å². The average molecular weight is 259 g/mol. The Hall–Kier alpha value is -1.62. The summed E-state index contributed by atoms with van der Waals surface area (Å²) in [5.74, 6) is 1.96. The van der Waals surface area contributed by atoms with E-state index in [1.807, 2.05) is 6.07 Å². The third kappa shape index (κ3) is 1.50. The van der Waals surface area contributed by atoms with E-state index >= 15 is 0 Å². The van der Waals surface area contributed by atoms with Gasteiger partial charge in [-0.15, -0.1) is 0 Å². The molecule has 0 bridgehead atoms. The van der Waals surface area contributed by atoms with Crippen molar-refractivity contribution in [3.8, 4) is 17.1 Å². The number of hydrogen-bond donors (Lipinski definition) is 1.